The second-order valence-electron chi connectivity index (χ2n) is 6.56. The van der Waals surface area contributed by atoms with E-state index in [1.807, 2.05) is 20.8 Å². The van der Waals surface area contributed by atoms with Gasteiger partial charge in [-0.05, 0) is 36.5 Å². The van der Waals surface area contributed by atoms with Gasteiger partial charge in [-0.3, -0.25) is 15.0 Å². The van der Waals surface area contributed by atoms with E-state index in [1.165, 1.54) is 0 Å². The van der Waals surface area contributed by atoms with Crippen LogP contribution in [0.2, 0.25) is 5.02 Å². The molecule has 0 unspecified atom stereocenters. The van der Waals surface area contributed by atoms with E-state index in [0.717, 1.165) is 0 Å². The van der Waals surface area contributed by atoms with Crippen LogP contribution in [-0.2, 0) is 9.59 Å². The molecular weight excluding hydrogens is 360 g/mol. The molecule has 0 radical (unpaired) electrons. The molecule has 6 nitrogen and oxygen atoms in total. The van der Waals surface area contributed by atoms with Crippen LogP contribution in [-0.4, -0.2) is 22.5 Å². The number of ketones is 1. The highest BCUT2D eigenvalue weighted by atomic mass is 35.5. The van der Waals surface area contributed by atoms with Crippen LogP contribution in [0.1, 0.15) is 40.0 Å². The summed E-state index contributed by atoms with van der Waals surface area (Å²) in [7, 11) is 0. The zero-order valence-corrected chi connectivity index (χ0v) is 16.1. The number of hydrazone groups is 1. The largest absolute Gasteiger partial charge is 0.375 e. The van der Waals surface area contributed by atoms with Crippen molar-refractivity contribution in [1.29, 1.82) is 0 Å². The van der Waals surface area contributed by atoms with E-state index in [-0.39, 0.29) is 41.5 Å². The Morgan fingerprint density at radius 2 is 1.80 bits per heavy atom. The molecule has 0 heterocycles. The van der Waals surface area contributed by atoms with Gasteiger partial charge >= 0.3 is 0 Å². The molecule has 1 aromatic rings. The first-order valence-electron chi connectivity index (χ1n) is 7.77. The minimum Gasteiger partial charge on any atom is -0.375 e. The molecule has 0 spiro atoms. The monoisotopic (exact) mass is 382 g/mol. The van der Waals surface area contributed by atoms with Crippen molar-refractivity contribution in [2.45, 2.75) is 40.0 Å². The van der Waals surface area contributed by atoms with Crippen molar-refractivity contribution in [3.63, 3.8) is 0 Å². The highest BCUT2D eigenvalue weighted by Crippen LogP contribution is 2.19. The van der Waals surface area contributed by atoms with Crippen LogP contribution in [0.3, 0.4) is 0 Å². The summed E-state index contributed by atoms with van der Waals surface area (Å²) in [5.41, 5.74) is 8.82. The van der Waals surface area contributed by atoms with Crippen molar-refractivity contribution in [3.05, 3.63) is 29.3 Å². The normalized spacial score (nSPS) is 11.8. The van der Waals surface area contributed by atoms with E-state index < -0.39 is 0 Å². The van der Waals surface area contributed by atoms with Crippen molar-refractivity contribution < 1.29 is 9.59 Å². The minimum absolute atomic E-state index is 0.0385. The quantitative estimate of drug-likeness (QED) is 0.382. The molecule has 1 rings (SSSR count). The van der Waals surface area contributed by atoms with Crippen molar-refractivity contribution in [3.8, 4) is 0 Å². The van der Waals surface area contributed by atoms with Gasteiger partial charge in [0, 0.05) is 35.4 Å². The molecule has 0 saturated carbocycles. The molecule has 0 atom stereocenters. The lowest BCUT2D eigenvalue weighted by Crippen LogP contribution is -2.31. The summed E-state index contributed by atoms with van der Waals surface area (Å²) in [6.45, 7) is 5.81. The van der Waals surface area contributed by atoms with Gasteiger partial charge in [-0.1, -0.05) is 32.4 Å². The maximum Gasteiger partial charge on any atom is 0.224 e. The van der Waals surface area contributed by atoms with Crippen molar-refractivity contribution in [2.24, 2.45) is 16.3 Å². The number of Topliss-reactive ketones (excluding diaryl/α,β-unsaturated/α-hetero) is 1. The number of benzene rings is 1. The second-order valence-corrected chi connectivity index (χ2v) is 7.43. The maximum absolute atomic E-state index is 12.2. The third-order valence-electron chi connectivity index (χ3n) is 3.29. The first-order valence-corrected chi connectivity index (χ1v) is 8.56. The number of hydrogen-bond donors (Lipinski definition) is 3. The smallest absolute Gasteiger partial charge is 0.224 e. The van der Waals surface area contributed by atoms with Gasteiger partial charge in [0.05, 0.1) is 5.71 Å². The Morgan fingerprint density at radius 1 is 1.20 bits per heavy atom. The number of nitrogens with one attached hydrogen (secondary N) is 2. The van der Waals surface area contributed by atoms with Gasteiger partial charge in [-0.15, -0.1) is 0 Å². The molecule has 1 aromatic carbocycles. The van der Waals surface area contributed by atoms with Crippen LogP contribution in [0, 0.1) is 5.41 Å². The fraction of sp³-hybridized carbons (Fsp3) is 0.412. The molecular formula is C17H23ClN4O2S. The Kier molecular flexibility index (Phi) is 7.99. The molecule has 1 amide bonds. The third kappa shape index (κ3) is 8.60. The Labute approximate surface area is 158 Å². The average Bonchev–Trinajstić information content (AvgIpc) is 2.50. The summed E-state index contributed by atoms with van der Waals surface area (Å²) in [5, 5.41) is 7.46. The summed E-state index contributed by atoms with van der Waals surface area (Å²) < 4.78 is 0. The molecule has 0 saturated heterocycles. The van der Waals surface area contributed by atoms with E-state index in [0.29, 0.717) is 16.4 Å². The molecule has 0 fully saturated rings. The zero-order chi connectivity index (χ0) is 19.0. The standard InChI is InChI=1S/C17H23ClN4O2S/c1-17(2,3)14(21-22-16(19)25)10-13(23)8-9-15(24)20-12-6-4-11(18)5-7-12/h4-7H,8-10H2,1-3H3,(H,20,24)(H3,19,22,25). The lowest BCUT2D eigenvalue weighted by Gasteiger charge is -2.21. The average molecular weight is 383 g/mol. The van der Waals surface area contributed by atoms with Crippen molar-refractivity contribution >= 4 is 52.0 Å². The minimum atomic E-state index is -0.320. The molecule has 0 bridgehead atoms. The summed E-state index contributed by atoms with van der Waals surface area (Å²) in [4.78, 5) is 24.1. The van der Waals surface area contributed by atoms with Crippen LogP contribution in [0.5, 0.6) is 0 Å². The van der Waals surface area contributed by atoms with Crippen LogP contribution < -0.4 is 16.5 Å². The molecule has 0 aliphatic carbocycles. The first-order chi connectivity index (χ1) is 11.6. The van der Waals surface area contributed by atoms with E-state index in [9.17, 15) is 9.59 Å². The number of anilines is 1. The molecule has 25 heavy (non-hydrogen) atoms. The lowest BCUT2D eigenvalue weighted by molar-refractivity contribution is -0.122. The summed E-state index contributed by atoms with van der Waals surface area (Å²) in [6.07, 6.45) is 0.358. The SMILES string of the molecule is CC(C)(C)C(CC(=O)CCC(=O)Nc1ccc(Cl)cc1)=NNC(N)=S. The van der Waals surface area contributed by atoms with Crippen LogP contribution in [0.25, 0.3) is 0 Å². The molecule has 4 N–H and O–H groups in total. The molecule has 0 aliphatic rings. The predicted molar refractivity (Wildman–Crippen MR) is 106 cm³/mol. The topological polar surface area (TPSA) is 96.6 Å². The van der Waals surface area contributed by atoms with Crippen molar-refractivity contribution in [2.75, 3.05) is 5.32 Å². The van der Waals surface area contributed by atoms with E-state index in [1.54, 1.807) is 24.3 Å². The number of hydrogen-bond acceptors (Lipinski definition) is 4. The Bertz CT molecular complexity index is 666. The van der Waals surface area contributed by atoms with E-state index in [2.05, 4.69) is 15.8 Å². The van der Waals surface area contributed by atoms with E-state index >= 15 is 0 Å². The van der Waals surface area contributed by atoms with Crippen molar-refractivity contribution in [1.82, 2.24) is 5.43 Å². The molecule has 136 valence electrons. The highest BCUT2D eigenvalue weighted by molar-refractivity contribution is 7.80. The van der Waals surface area contributed by atoms with Crippen LogP contribution in [0.15, 0.2) is 29.4 Å². The number of carbonyl (C=O) groups is 2. The summed E-state index contributed by atoms with van der Waals surface area (Å²) >= 11 is 10.5. The summed E-state index contributed by atoms with van der Waals surface area (Å²) in [5.74, 6) is -0.309. The fourth-order valence-electron chi connectivity index (χ4n) is 1.88. The number of carbonyl (C=O) groups excluding carboxylic acids is 2. The van der Waals surface area contributed by atoms with E-state index in [4.69, 9.17) is 29.6 Å². The van der Waals surface area contributed by atoms with Crippen LogP contribution >= 0.6 is 23.8 Å². The Hall–Kier alpha value is -1.99. The number of rotatable bonds is 7. The van der Waals surface area contributed by atoms with Gasteiger partial charge in [0.2, 0.25) is 5.91 Å². The lowest BCUT2D eigenvalue weighted by atomic mass is 9.86. The summed E-state index contributed by atoms with van der Waals surface area (Å²) in [6, 6.07) is 6.77. The molecule has 0 aliphatic heterocycles. The van der Waals surface area contributed by atoms with Gasteiger partial charge in [0.15, 0.2) is 5.11 Å². The number of amides is 1. The number of thiocarbonyl (C=S) groups is 1. The maximum atomic E-state index is 12.2. The second kappa shape index (κ2) is 9.48. The first kappa shape index (κ1) is 21.1. The Balaban J connectivity index is 2.54. The molecule has 0 aromatic heterocycles. The highest BCUT2D eigenvalue weighted by Gasteiger charge is 2.22. The van der Waals surface area contributed by atoms with Gasteiger partial charge in [-0.25, -0.2) is 0 Å². The predicted octanol–water partition coefficient (Wildman–Crippen LogP) is 3.25. The third-order valence-corrected chi connectivity index (χ3v) is 3.63. The number of nitrogens with zero attached hydrogens (tertiary/aromatic N) is 1. The molecule has 8 heteroatoms. The van der Waals surface area contributed by atoms with Gasteiger partial charge < -0.3 is 11.1 Å². The van der Waals surface area contributed by atoms with Gasteiger partial charge in [-0.2, -0.15) is 5.10 Å². The van der Waals surface area contributed by atoms with Gasteiger partial charge in [0.1, 0.15) is 5.78 Å². The number of nitrogens with two attached hydrogens (primary N) is 1. The zero-order valence-electron chi connectivity index (χ0n) is 14.6. The van der Waals surface area contributed by atoms with Crippen LogP contribution in [0.4, 0.5) is 5.69 Å². The number of halogens is 1. The van der Waals surface area contributed by atoms with Gasteiger partial charge in [0.25, 0.3) is 0 Å². The Morgan fingerprint density at radius 3 is 2.32 bits per heavy atom. The fourth-order valence-corrected chi connectivity index (χ4v) is 2.05.